The van der Waals surface area contributed by atoms with E-state index in [1.54, 1.807) is 27.7 Å². The van der Waals surface area contributed by atoms with Gasteiger partial charge in [0, 0.05) is 6.54 Å². The Bertz CT molecular complexity index is 685. The van der Waals surface area contributed by atoms with Gasteiger partial charge in [-0.25, -0.2) is 14.4 Å². The molecule has 2 unspecified atom stereocenters. The molecule has 0 aliphatic carbocycles. The molecule has 1 N–H and O–H groups in total. The molecule has 0 bridgehead atoms. The van der Waals surface area contributed by atoms with Gasteiger partial charge in [-0.15, -0.1) is 0 Å². The molecule has 1 aliphatic heterocycles. The SMILES string of the molecule is CC1CN(C(=O)OCc2ccccc2)C(C(=O)O)CN1C(=O)OC(C)(C)C. The number of hydrogen-bond acceptors (Lipinski definition) is 5. The first-order valence-corrected chi connectivity index (χ1v) is 8.78. The third-order valence-corrected chi connectivity index (χ3v) is 4.09. The van der Waals surface area contributed by atoms with Crippen LogP contribution in [0.4, 0.5) is 9.59 Å². The Hall–Kier alpha value is -2.77. The molecule has 1 fully saturated rings. The zero-order valence-electron chi connectivity index (χ0n) is 16.0. The van der Waals surface area contributed by atoms with Crippen molar-refractivity contribution >= 4 is 18.2 Å². The number of hydrogen-bond donors (Lipinski definition) is 1. The van der Waals surface area contributed by atoms with Crippen LogP contribution in [0.3, 0.4) is 0 Å². The number of nitrogens with zero attached hydrogens (tertiary/aromatic N) is 2. The summed E-state index contributed by atoms with van der Waals surface area (Å²) in [7, 11) is 0. The van der Waals surface area contributed by atoms with Crippen LogP contribution < -0.4 is 0 Å². The van der Waals surface area contributed by atoms with Crippen molar-refractivity contribution < 1.29 is 29.0 Å². The molecule has 1 aliphatic rings. The second-order valence-electron chi connectivity index (χ2n) is 7.53. The Morgan fingerprint density at radius 3 is 2.26 bits per heavy atom. The molecule has 27 heavy (non-hydrogen) atoms. The number of rotatable bonds is 3. The van der Waals surface area contributed by atoms with Gasteiger partial charge in [-0.1, -0.05) is 30.3 Å². The number of benzene rings is 1. The summed E-state index contributed by atoms with van der Waals surface area (Å²) in [5, 5.41) is 9.53. The number of piperazine rings is 1. The molecule has 2 atom stereocenters. The number of carbonyl (C=O) groups is 3. The normalized spacial score (nSPS) is 20.1. The first-order chi connectivity index (χ1) is 12.6. The van der Waals surface area contributed by atoms with Crippen LogP contribution in [0.2, 0.25) is 0 Å². The van der Waals surface area contributed by atoms with E-state index in [0.717, 1.165) is 10.5 Å². The highest BCUT2D eigenvalue weighted by molar-refractivity contribution is 5.82. The van der Waals surface area contributed by atoms with Crippen LogP contribution in [0.1, 0.15) is 33.3 Å². The van der Waals surface area contributed by atoms with Gasteiger partial charge in [0.15, 0.2) is 6.04 Å². The molecule has 2 amide bonds. The van der Waals surface area contributed by atoms with Gasteiger partial charge >= 0.3 is 18.2 Å². The van der Waals surface area contributed by atoms with Crippen LogP contribution in [0.25, 0.3) is 0 Å². The fourth-order valence-electron chi connectivity index (χ4n) is 2.77. The topological polar surface area (TPSA) is 96.4 Å². The zero-order chi connectivity index (χ0) is 20.2. The van der Waals surface area contributed by atoms with Crippen molar-refractivity contribution in [3.05, 3.63) is 35.9 Å². The largest absolute Gasteiger partial charge is 0.480 e. The van der Waals surface area contributed by atoms with Gasteiger partial charge in [0.25, 0.3) is 0 Å². The van der Waals surface area contributed by atoms with Gasteiger partial charge in [-0.2, -0.15) is 0 Å². The van der Waals surface area contributed by atoms with Crippen molar-refractivity contribution in [2.45, 2.75) is 52.0 Å². The van der Waals surface area contributed by atoms with Crippen LogP contribution in [-0.2, 0) is 20.9 Å². The number of carboxylic acids is 1. The third kappa shape index (κ3) is 5.60. The van der Waals surface area contributed by atoms with Gasteiger partial charge < -0.3 is 19.5 Å². The van der Waals surface area contributed by atoms with Crippen molar-refractivity contribution in [3.63, 3.8) is 0 Å². The molecule has 0 radical (unpaired) electrons. The van der Waals surface area contributed by atoms with E-state index in [1.165, 1.54) is 4.90 Å². The van der Waals surface area contributed by atoms with E-state index >= 15 is 0 Å². The van der Waals surface area contributed by atoms with E-state index < -0.39 is 35.8 Å². The Morgan fingerprint density at radius 2 is 1.70 bits per heavy atom. The van der Waals surface area contributed by atoms with E-state index in [2.05, 4.69) is 0 Å². The van der Waals surface area contributed by atoms with Crippen LogP contribution in [0, 0.1) is 0 Å². The highest BCUT2D eigenvalue weighted by Crippen LogP contribution is 2.20. The van der Waals surface area contributed by atoms with Crippen LogP contribution in [0.5, 0.6) is 0 Å². The van der Waals surface area contributed by atoms with E-state index in [4.69, 9.17) is 9.47 Å². The second kappa shape index (κ2) is 8.28. The third-order valence-electron chi connectivity index (χ3n) is 4.09. The smallest absolute Gasteiger partial charge is 0.410 e. The minimum Gasteiger partial charge on any atom is -0.480 e. The zero-order valence-corrected chi connectivity index (χ0v) is 16.0. The lowest BCUT2D eigenvalue weighted by Crippen LogP contribution is -2.63. The summed E-state index contributed by atoms with van der Waals surface area (Å²) in [6.45, 7) is 6.88. The molecule has 1 heterocycles. The monoisotopic (exact) mass is 378 g/mol. The van der Waals surface area contributed by atoms with Crippen molar-refractivity contribution in [2.24, 2.45) is 0 Å². The molecule has 1 aromatic carbocycles. The average Bonchev–Trinajstić information content (AvgIpc) is 2.58. The van der Waals surface area contributed by atoms with Crippen molar-refractivity contribution in [2.75, 3.05) is 13.1 Å². The van der Waals surface area contributed by atoms with E-state index in [9.17, 15) is 19.5 Å². The Labute approximate surface area is 158 Å². The molecule has 0 saturated carbocycles. The summed E-state index contributed by atoms with van der Waals surface area (Å²) in [5.41, 5.74) is 0.111. The summed E-state index contributed by atoms with van der Waals surface area (Å²) >= 11 is 0. The van der Waals surface area contributed by atoms with Gasteiger partial charge in [0.05, 0.1) is 12.6 Å². The minimum absolute atomic E-state index is 0.0455. The number of carbonyl (C=O) groups excluding carboxylic acids is 2. The highest BCUT2D eigenvalue weighted by Gasteiger charge is 2.42. The Balaban J connectivity index is 2.06. The van der Waals surface area contributed by atoms with E-state index in [1.807, 2.05) is 30.3 Å². The quantitative estimate of drug-likeness (QED) is 0.869. The van der Waals surface area contributed by atoms with Gasteiger partial charge in [0.2, 0.25) is 0 Å². The minimum atomic E-state index is -1.20. The predicted octanol–water partition coefficient (Wildman–Crippen LogP) is 2.72. The number of ether oxygens (including phenoxy) is 2. The summed E-state index contributed by atoms with van der Waals surface area (Å²) in [4.78, 5) is 39.0. The van der Waals surface area contributed by atoms with Crippen LogP contribution in [-0.4, -0.2) is 63.8 Å². The maximum Gasteiger partial charge on any atom is 0.410 e. The van der Waals surface area contributed by atoms with Gasteiger partial charge in [-0.05, 0) is 33.3 Å². The highest BCUT2D eigenvalue weighted by atomic mass is 16.6. The number of carboxylic acid groups (broad SMARTS) is 1. The first-order valence-electron chi connectivity index (χ1n) is 8.78. The lowest BCUT2D eigenvalue weighted by atomic mass is 10.1. The second-order valence-corrected chi connectivity index (χ2v) is 7.53. The number of amides is 2. The van der Waals surface area contributed by atoms with E-state index in [-0.39, 0.29) is 19.7 Å². The molecule has 8 heteroatoms. The van der Waals surface area contributed by atoms with Crippen molar-refractivity contribution in [3.8, 4) is 0 Å². The summed E-state index contributed by atoms with van der Waals surface area (Å²) in [6, 6.07) is 7.52. The van der Waals surface area contributed by atoms with Crippen LogP contribution >= 0.6 is 0 Å². The summed E-state index contributed by atoms with van der Waals surface area (Å²) in [6.07, 6.45) is -1.32. The molecule has 0 spiro atoms. The molecule has 1 aromatic rings. The maximum absolute atomic E-state index is 12.4. The lowest BCUT2D eigenvalue weighted by Gasteiger charge is -2.42. The Kier molecular flexibility index (Phi) is 6.30. The molecular formula is C19H26N2O6. The molecule has 2 rings (SSSR count). The fraction of sp³-hybridized carbons (Fsp3) is 0.526. The van der Waals surface area contributed by atoms with Crippen molar-refractivity contribution in [1.29, 1.82) is 0 Å². The van der Waals surface area contributed by atoms with Gasteiger partial charge in [0.1, 0.15) is 12.2 Å². The number of aliphatic carboxylic acids is 1. The molecule has 8 nitrogen and oxygen atoms in total. The summed E-state index contributed by atoms with van der Waals surface area (Å²) in [5.74, 6) is -1.20. The molecule has 148 valence electrons. The molecular weight excluding hydrogens is 352 g/mol. The first kappa shape index (κ1) is 20.5. The maximum atomic E-state index is 12.4. The van der Waals surface area contributed by atoms with Crippen molar-refractivity contribution in [1.82, 2.24) is 9.80 Å². The van der Waals surface area contributed by atoms with Gasteiger partial charge in [-0.3, -0.25) is 4.90 Å². The predicted molar refractivity (Wildman–Crippen MR) is 97.2 cm³/mol. The van der Waals surface area contributed by atoms with E-state index in [0.29, 0.717) is 0 Å². The average molecular weight is 378 g/mol. The molecule has 0 aromatic heterocycles. The summed E-state index contributed by atoms with van der Waals surface area (Å²) < 4.78 is 10.6. The fourth-order valence-corrected chi connectivity index (χ4v) is 2.77. The Morgan fingerprint density at radius 1 is 1.07 bits per heavy atom. The lowest BCUT2D eigenvalue weighted by molar-refractivity contribution is -0.145. The molecule has 1 saturated heterocycles. The van der Waals surface area contributed by atoms with Crippen LogP contribution in [0.15, 0.2) is 30.3 Å². The standard InChI is InChI=1S/C19H26N2O6/c1-13-10-21(17(24)26-12-14-8-6-5-7-9-14)15(16(22)23)11-20(13)18(25)27-19(2,3)4/h5-9,13,15H,10-12H2,1-4H3,(H,22,23).